The van der Waals surface area contributed by atoms with E-state index in [1.54, 1.807) is 41.2 Å². The summed E-state index contributed by atoms with van der Waals surface area (Å²) in [6.45, 7) is 3.34. The number of rotatable bonds is 7. The van der Waals surface area contributed by atoms with Gasteiger partial charge in [-0.15, -0.1) is 0 Å². The van der Waals surface area contributed by atoms with Crippen molar-refractivity contribution in [3.8, 4) is 0 Å². The van der Waals surface area contributed by atoms with Crippen LogP contribution in [0.25, 0.3) is 0 Å². The van der Waals surface area contributed by atoms with Gasteiger partial charge < -0.3 is 9.80 Å². The number of amides is 2. The number of likely N-dealkylation sites (tertiary alicyclic amines) is 1. The minimum absolute atomic E-state index is 0.0377. The molecule has 3 rings (SSSR count). The molecule has 0 N–H and O–H groups in total. The van der Waals surface area contributed by atoms with E-state index in [2.05, 4.69) is 4.98 Å². The van der Waals surface area contributed by atoms with Gasteiger partial charge in [0.15, 0.2) is 0 Å². The largest absolute Gasteiger partial charge is 0.336 e. The second-order valence-electron chi connectivity index (χ2n) is 6.86. The van der Waals surface area contributed by atoms with Crippen molar-refractivity contribution in [3.05, 3.63) is 65.7 Å². The van der Waals surface area contributed by atoms with Gasteiger partial charge in [-0.05, 0) is 49.1 Å². The smallest absolute Gasteiger partial charge is 0.245 e. The molecule has 27 heavy (non-hydrogen) atoms. The minimum atomic E-state index is -0.482. The lowest BCUT2D eigenvalue weighted by Crippen LogP contribution is -2.47. The highest BCUT2D eigenvalue weighted by atomic mass is 19.1. The van der Waals surface area contributed by atoms with E-state index in [0.717, 1.165) is 17.5 Å². The van der Waals surface area contributed by atoms with Gasteiger partial charge in [0.05, 0.1) is 0 Å². The maximum Gasteiger partial charge on any atom is 0.245 e. The predicted octanol–water partition coefficient (Wildman–Crippen LogP) is 2.80. The normalized spacial score (nSPS) is 15.0. The molecule has 2 heterocycles. The number of hydrogen-bond acceptors (Lipinski definition) is 3. The van der Waals surface area contributed by atoms with Crippen LogP contribution < -0.4 is 0 Å². The summed E-state index contributed by atoms with van der Waals surface area (Å²) in [6.07, 6.45) is 5.36. The molecule has 0 saturated carbocycles. The number of benzene rings is 1. The molecule has 2 aromatic rings. The lowest BCUT2D eigenvalue weighted by atomic mass is 10.1. The first-order valence-corrected chi connectivity index (χ1v) is 9.26. The fourth-order valence-corrected chi connectivity index (χ4v) is 3.37. The number of carbonyl (C=O) groups is 2. The van der Waals surface area contributed by atoms with Gasteiger partial charge in [0.2, 0.25) is 11.8 Å². The van der Waals surface area contributed by atoms with Gasteiger partial charge in [-0.1, -0.05) is 18.2 Å². The molecule has 5 nitrogen and oxygen atoms in total. The van der Waals surface area contributed by atoms with Crippen LogP contribution in [0.4, 0.5) is 4.39 Å². The van der Waals surface area contributed by atoms with Gasteiger partial charge in [0.1, 0.15) is 11.9 Å². The summed E-state index contributed by atoms with van der Waals surface area (Å²) in [5.41, 5.74) is 1.90. The molecule has 0 radical (unpaired) electrons. The molecular weight excluding hydrogens is 345 g/mol. The van der Waals surface area contributed by atoms with Crippen molar-refractivity contribution < 1.29 is 14.0 Å². The predicted molar refractivity (Wildman–Crippen MR) is 100 cm³/mol. The molecule has 1 fully saturated rings. The summed E-state index contributed by atoms with van der Waals surface area (Å²) in [6, 6.07) is 9.60. The molecule has 1 aliphatic rings. The van der Waals surface area contributed by atoms with Gasteiger partial charge >= 0.3 is 0 Å². The van der Waals surface area contributed by atoms with Crippen LogP contribution >= 0.6 is 0 Å². The highest BCUT2D eigenvalue weighted by Crippen LogP contribution is 2.17. The molecule has 1 saturated heterocycles. The Hall–Kier alpha value is -2.76. The lowest BCUT2D eigenvalue weighted by Gasteiger charge is -2.30. The van der Waals surface area contributed by atoms with Crippen molar-refractivity contribution >= 4 is 11.8 Å². The minimum Gasteiger partial charge on any atom is -0.336 e. The average Bonchev–Trinajstić information content (AvgIpc) is 3.12. The van der Waals surface area contributed by atoms with Gasteiger partial charge in [0, 0.05) is 38.4 Å². The van der Waals surface area contributed by atoms with Crippen LogP contribution in [0.2, 0.25) is 0 Å². The van der Waals surface area contributed by atoms with Crippen molar-refractivity contribution in [1.29, 1.82) is 0 Å². The Morgan fingerprint density at radius 2 is 2.04 bits per heavy atom. The van der Waals surface area contributed by atoms with E-state index < -0.39 is 6.04 Å². The monoisotopic (exact) mass is 369 g/mol. The zero-order valence-corrected chi connectivity index (χ0v) is 15.5. The van der Waals surface area contributed by atoms with E-state index >= 15 is 0 Å². The van der Waals surface area contributed by atoms with Crippen LogP contribution in [0.5, 0.6) is 0 Å². The molecule has 1 aliphatic heterocycles. The Morgan fingerprint density at radius 1 is 1.26 bits per heavy atom. The van der Waals surface area contributed by atoms with Crippen molar-refractivity contribution in [2.24, 2.45) is 0 Å². The number of pyridine rings is 1. The van der Waals surface area contributed by atoms with Crippen LogP contribution in [-0.2, 0) is 22.6 Å². The summed E-state index contributed by atoms with van der Waals surface area (Å²) in [7, 11) is 0. The van der Waals surface area contributed by atoms with Gasteiger partial charge in [-0.2, -0.15) is 0 Å². The summed E-state index contributed by atoms with van der Waals surface area (Å²) >= 11 is 0. The van der Waals surface area contributed by atoms with Crippen LogP contribution in [-0.4, -0.2) is 45.7 Å². The molecule has 0 bridgehead atoms. The summed E-state index contributed by atoms with van der Waals surface area (Å²) in [4.78, 5) is 32.7. The van der Waals surface area contributed by atoms with Gasteiger partial charge in [-0.3, -0.25) is 14.6 Å². The number of hydrogen-bond donors (Lipinski definition) is 0. The third-order valence-corrected chi connectivity index (χ3v) is 4.93. The van der Waals surface area contributed by atoms with Crippen molar-refractivity contribution in [1.82, 2.24) is 14.8 Å². The molecule has 0 aliphatic carbocycles. The Bertz CT molecular complexity index is 780. The highest BCUT2D eigenvalue weighted by Gasteiger charge is 2.32. The van der Waals surface area contributed by atoms with E-state index in [1.807, 2.05) is 12.1 Å². The zero-order valence-electron chi connectivity index (χ0n) is 15.5. The standard InChI is InChI=1S/C21H24FN3O2/c1-16(25-12-3-5-20(25)26)21(27)24(15-18-4-2-11-23-14-18)13-10-17-6-8-19(22)9-7-17/h2,4,6-9,11,14,16H,3,5,10,12-13,15H2,1H3/t16-/m1/s1. The van der Waals surface area contributed by atoms with Gasteiger partial charge in [-0.25, -0.2) is 4.39 Å². The number of halogens is 1. The Morgan fingerprint density at radius 3 is 2.67 bits per heavy atom. The van der Waals surface area contributed by atoms with E-state index in [9.17, 15) is 14.0 Å². The molecule has 2 amide bonds. The highest BCUT2D eigenvalue weighted by molar-refractivity contribution is 5.88. The van der Waals surface area contributed by atoms with E-state index in [0.29, 0.717) is 32.5 Å². The van der Waals surface area contributed by atoms with Crippen LogP contribution in [0.3, 0.4) is 0 Å². The third-order valence-electron chi connectivity index (χ3n) is 4.93. The summed E-state index contributed by atoms with van der Waals surface area (Å²) in [5, 5.41) is 0. The molecule has 1 atom stereocenters. The first-order valence-electron chi connectivity index (χ1n) is 9.26. The fraction of sp³-hybridized carbons (Fsp3) is 0.381. The second kappa shape index (κ2) is 8.75. The quantitative estimate of drug-likeness (QED) is 0.754. The number of carbonyl (C=O) groups excluding carboxylic acids is 2. The molecular formula is C21H24FN3O2. The van der Waals surface area contributed by atoms with E-state index in [-0.39, 0.29) is 17.6 Å². The Balaban J connectivity index is 1.72. The fourth-order valence-electron chi connectivity index (χ4n) is 3.37. The topological polar surface area (TPSA) is 53.5 Å². The van der Waals surface area contributed by atoms with Crippen LogP contribution in [0, 0.1) is 5.82 Å². The van der Waals surface area contributed by atoms with Crippen molar-refractivity contribution in [3.63, 3.8) is 0 Å². The number of nitrogens with zero attached hydrogens (tertiary/aromatic N) is 3. The van der Waals surface area contributed by atoms with E-state index in [4.69, 9.17) is 0 Å². The summed E-state index contributed by atoms with van der Waals surface area (Å²) < 4.78 is 13.1. The van der Waals surface area contributed by atoms with Crippen LogP contribution in [0.1, 0.15) is 30.9 Å². The maximum atomic E-state index is 13.1. The Labute approximate surface area is 158 Å². The first-order chi connectivity index (χ1) is 13.0. The van der Waals surface area contributed by atoms with Gasteiger partial charge in [0.25, 0.3) is 0 Å². The lowest BCUT2D eigenvalue weighted by molar-refractivity contribution is -0.143. The molecule has 6 heteroatoms. The zero-order chi connectivity index (χ0) is 19.2. The second-order valence-corrected chi connectivity index (χ2v) is 6.86. The van der Waals surface area contributed by atoms with Crippen molar-refractivity contribution in [2.75, 3.05) is 13.1 Å². The first kappa shape index (κ1) is 19.0. The molecule has 0 spiro atoms. The summed E-state index contributed by atoms with van der Waals surface area (Å²) in [5.74, 6) is -0.310. The molecule has 1 aromatic carbocycles. The molecule has 1 aromatic heterocycles. The maximum absolute atomic E-state index is 13.1. The van der Waals surface area contributed by atoms with Crippen molar-refractivity contribution in [2.45, 2.75) is 38.8 Å². The molecule has 0 unspecified atom stereocenters. The van der Waals surface area contributed by atoms with E-state index in [1.165, 1.54) is 12.1 Å². The Kier molecular flexibility index (Phi) is 6.16. The van der Waals surface area contributed by atoms with Crippen LogP contribution in [0.15, 0.2) is 48.8 Å². The average molecular weight is 369 g/mol. The third kappa shape index (κ3) is 4.90. The number of aromatic nitrogens is 1. The molecule has 142 valence electrons. The SMILES string of the molecule is C[C@H](C(=O)N(CCc1ccc(F)cc1)Cc1cccnc1)N1CCCC1=O.